The first-order chi connectivity index (χ1) is 11.6. The van der Waals surface area contributed by atoms with Gasteiger partial charge < -0.3 is 5.32 Å². The summed E-state index contributed by atoms with van der Waals surface area (Å²) < 4.78 is 0. The molecular weight excluding hydrogens is 347 g/mol. The van der Waals surface area contributed by atoms with Crippen molar-refractivity contribution in [2.45, 2.75) is 18.4 Å². The molecule has 0 bridgehead atoms. The van der Waals surface area contributed by atoms with E-state index in [0.717, 1.165) is 23.2 Å². The molecule has 0 spiro atoms. The Morgan fingerprint density at radius 1 is 1.21 bits per heavy atom. The van der Waals surface area contributed by atoms with E-state index >= 15 is 0 Å². The van der Waals surface area contributed by atoms with Crippen LogP contribution in [0.15, 0.2) is 48.6 Å². The summed E-state index contributed by atoms with van der Waals surface area (Å²) in [7, 11) is 0. The molecule has 2 aliphatic rings. The standard InChI is InChI=1S/C18H14Cl2N2O2/c19-15-8-7-14-12-5-2-6-13(12)17(21-18(14)16(15)20)10-3-1-4-11(9-10)22(23)24/h1-5,7-9,12-13,17,21H,6H2/t12-,13-,17+/m0/s1. The van der Waals surface area contributed by atoms with E-state index in [-0.39, 0.29) is 22.6 Å². The highest BCUT2D eigenvalue weighted by Gasteiger charge is 2.39. The van der Waals surface area contributed by atoms with Crippen LogP contribution < -0.4 is 5.32 Å². The number of halogens is 2. The largest absolute Gasteiger partial charge is 0.376 e. The summed E-state index contributed by atoms with van der Waals surface area (Å²) in [6.45, 7) is 0. The van der Waals surface area contributed by atoms with Crippen molar-refractivity contribution in [2.75, 3.05) is 5.32 Å². The summed E-state index contributed by atoms with van der Waals surface area (Å²) in [5, 5.41) is 15.6. The van der Waals surface area contributed by atoms with E-state index in [1.165, 1.54) is 6.07 Å². The van der Waals surface area contributed by atoms with Crippen LogP contribution in [-0.4, -0.2) is 4.92 Å². The minimum Gasteiger partial charge on any atom is -0.376 e. The third-order valence-electron chi connectivity index (χ3n) is 4.87. The second-order valence-electron chi connectivity index (χ2n) is 6.15. The van der Waals surface area contributed by atoms with Crippen LogP contribution in [0.4, 0.5) is 11.4 Å². The molecule has 6 heteroatoms. The van der Waals surface area contributed by atoms with Gasteiger partial charge in [0.15, 0.2) is 0 Å². The fourth-order valence-electron chi connectivity index (χ4n) is 3.76. The van der Waals surface area contributed by atoms with Gasteiger partial charge in [0.25, 0.3) is 5.69 Å². The second-order valence-corrected chi connectivity index (χ2v) is 6.94. The Bertz CT molecular complexity index is 866. The Morgan fingerprint density at radius 3 is 2.83 bits per heavy atom. The summed E-state index contributed by atoms with van der Waals surface area (Å²) in [6.07, 6.45) is 5.28. The van der Waals surface area contributed by atoms with Crippen LogP contribution >= 0.6 is 23.2 Å². The summed E-state index contributed by atoms with van der Waals surface area (Å²) in [6, 6.07) is 10.6. The van der Waals surface area contributed by atoms with E-state index in [1.807, 2.05) is 18.2 Å². The predicted octanol–water partition coefficient (Wildman–Crippen LogP) is 5.73. The van der Waals surface area contributed by atoms with E-state index in [4.69, 9.17) is 23.2 Å². The fourth-order valence-corrected chi connectivity index (χ4v) is 4.15. The molecule has 0 saturated carbocycles. The van der Waals surface area contributed by atoms with Gasteiger partial charge in [-0.3, -0.25) is 10.1 Å². The van der Waals surface area contributed by atoms with Crippen LogP contribution in [0, 0.1) is 16.0 Å². The Morgan fingerprint density at radius 2 is 2.04 bits per heavy atom. The maximum absolute atomic E-state index is 11.1. The Balaban J connectivity index is 1.82. The predicted molar refractivity (Wildman–Crippen MR) is 95.9 cm³/mol. The number of fused-ring (bicyclic) bond motifs is 3. The van der Waals surface area contributed by atoms with Crippen LogP contribution in [-0.2, 0) is 0 Å². The van der Waals surface area contributed by atoms with Crippen LogP contribution in [0.3, 0.4) is 0 Å². The van der Waals surface area contributed by atoms with Gasteiger partial charge in [-0.1, -0.05) is 53.6 Å². The lowest BCUT2D eigenvalue weighted by Crippen LogP contribution is -2.29. The molecule has 1 N–H and O–H groups in total. The maximum atomic E-state index is 11.1. The van der Waals surface area contributed by atoms with Crippen molar-refractivity contribution in [3.63, 3.8) is 0 Å². The molecule has 1 heterocycles. The number of nitro groups is 1. The number of anilines is 1. The van der Waals surface area contributed by atoms with E-state index < -0.39 is 0 Å². The van der Waals surface area contributed by atoms with Crippen molar-refractivity contribution in [3.8, 4) is 0 Å². The molecule has 0 radical (unpaired) electrons. The molecule has 4 nitrogen and oxygen atoms in total. The number of nitro benzene ring substituents is 1. The van der Waals surface area contributed by atoms with E-state index in [9.17, 15) is 10.1 Å². The number of non-ortho nitro benzene ring substituents is 1. The topological polar surface area (TPSA) is 55.2 Å². The van der Waals surface area contributed by atoms with Crippen molar-refractivity contribution in [2.24, 2.45) is 5.92 Å². The van der Waals surface area contributed by atoms with Crippen LogP contribution in [0.1, 0.15) is 29.5 Å². The molecule has 0 unspecified atom stereocenters. The number of nitrogens with one attached hydrogen (secondary N) is 1. The number of rotatable bonds is 2. The van der Waals surface area contributed by atoms with Gasteiger partial charge in [-0.2, -0.15) is 0 Å². The third-order valence-corrected chi connectivity index (χ3v) is 5.67. The van der Waals surface area contributed by atoms with Gasteiger partial charge in [0.1, 0.15) is 0 Å². The number of allylic oxidation sites excluding steroid dienone is 2. The monoisotopic (exact) mass is 360 g/mol. The molecule has 24 heavy (non-hydrogen) atoms. The lowest BCUT2D eigenvalue weighted by Gasteiger charge is -2.38. The molecule has 0 amide bonds. The first kappa shape index (κ1) is 15.5. The van der Waals surface area contributed by atoms with Gasteiger partial charge in [0.05, 0.1) is 26.7 Å². The number of hydrogen-bond acceptors (Lipinski definition) is 3. The van der Waals surface area contributed by atoms with Crippen molar-refractivity contribution < 1.29 is 4.92 Å². The van der Waals surface area contributed by atoms with Gasteiger partial charge in [0.2, 0.25) is 0 Å². The summed E-state index contributed by atoms with van der Waals surface area (Å²) in [5.41, 5.74) is 2.95. The smallest absolute Gasteiger partial charge is 0.269 e. The highest BCUT2D eigenvalue weighted by molar-refractivity contribution is 6.43. The van der Waals surface area contributed by atoms with Crippen molar-refractivity contribution >= 4 is 34.6 Å². The Kier molecular flexibility index (Phi) is 3.74. The Labute approximate surface area is 149 Å². The van der Waals surface area contributed by atoms with Crippen LogP contribution in [0.5, 0.6) is 0 Å². The molecule has 2 aromatic rings. The third kappa shape index (κ3) is 2.38. The minimum atomic E-state index is -0.367. The van der Waals surface area contributed by atoms with Gasteiger partial charge in [-0.15, -0.1) is 0 Å². The zero-order valence-electron chi connectivity index (χ0n) is 12.6. The van der Waals surface area contributed by atoms with Crippen molar-refractivity contribution in [1.82, 2.24) is 0 Å². The number of benzene rings is 2. The van der Waals surface area contributed by atoms with Gasteiger partial charge >= 0.3 is 0 Å². The quantitative estimate of drug-likeness (QED) is 0.422. The lowest BCUT2D eigenvalue weighted by atomic mass is 9.77. The summed E-state index contributed by atoms with van der Waals surface area (Å²) >= 11 is 12.6. The van der Waals surface area contributed by atoms with E-state index in [0.29, 0.717) is 16.0 Å². The summed E-state index contributed by atoms with van der Waals surface area (Å²) in [4.78, 5) is 10.7. The molecule has 0 aromatic heterocycles. The van der Waals surface area contributed by atoms with Crippen LogP contribution in [0.25, 0.3) is 0 Å². The molecule has 1 aliphatic carbocycles. The first-order valence-electron chi connectivity index (χ1n) is 7.71. The molecule has 0 saturated heterocycles. The highest BCUT2D eigenvalue weighted by Crippen LogP contribution is 2.52. The molecule has 4 rings (SSSR count). The van der Waals surface area contributed by atoms with Gasteiger partial charge in [0, 0.05) is 18.1 Å². The molecule has 1 aliphatic heterocycles. The van der Waals surface area contributed by atoms with Gasteiger partial charge in [-0.05, 0) is 29.5 Å². The first-order valence-corrected chi connectivity index (χ1v) is 8.47. The number of hydrogen-bond donors (Lipinski definition) is 1. The average molecular weight is 361 g/mol. The van der Waals surface area contributed by atoms with Crippen molar-refractivity contribution in [3.05, 3.63) is 79.8 Å². The molecule has 2 aromatic carbocycles. The maximum Gasteiger partial charge on any atom is 0.269 e. The zero-order valence-corrected chi connectivity index (χ0v) is 14.1. The van der Waals surface area contributed by atoms with E-state index in [2.05, 4.69) is 17.5 Å². The molecule has 122 valence electrons. The molecule has 0 fully saturated rings. The SMILES string of the molecule is O=[N+]([O-])c1cccc([C@H]2Nc3c(ccc(Cl)c3Cl)[C@H]3C=CC[C@@H]32)c1. The van der Waals surface area contributed by atoms with E-state index in [1.54, 1.807) is 12.1 Å². The molecule has 3 atom stereocenters. The second kappa shape index (κ2) is 5.80. The van der Waals surface area contributed by atoms with Crippen LogP contribution in [0.2, 0.25) is 10.0 Å². The summed E-state index contributed by atoms with van der Waals surface area (Å²) in [5.74, 6) is 0.539. The fraction of sp³-hybridized carbons (Fsp3) is 0.222. The highest BCUT2D eigenvalue weighted by atomic mass is 35.5. The Hall–Kier alpha value is -2.04. The number of nitrogens with zero attached hydrogens (tertiary/aromatic N) is 1. The van der Waals surface area contributed by atoms with Crippen molar-refractivity contribution in [1.29, 1.82) is 0 Å². The minimum absolute atomic E-state index is 0.0478. The zero-order chi connectivity index (χ0) is 16.8. The lowest BCUT2D eigenvalue weighted by molar-refractivity contribution is -0.384. The van der Waals surface area contributed by atoms with Gasteiger partial charge in [-0.25, -0.2) is 0 Å². The average Bonchev–Trinajstić information content (AvgIpc) is 3.07. The normalized spacial score (nSPS) is 24.2. The molecular formula is C18H14Cl2N2O2.